The molecule has 2 aromatic carbocycles. The van der Waals surface area contributed by atoms with Crippen molar-refractivity contribution in [1.82, 2.24) is 0 Å². The first-order valence-corrected chi connectivity index (χ1v) is 8.26. The fraction of sp³-hybridized carbons (Fsp3) is 0.250. The number of nitrogens with zero attached hydrogens (tertiary/aromatic N) is 2. The highest BCUT2D eigenvalue weighted by molar-refractivity contribution is 5.93. The summed E-state index contributed by atoms with van der Waals surface area (Å²) in [5, 5.41) is 10.8. The van der Waals surface area contributed by atoms with Gasteiger partial charge in [0, 0.05) is 36.0 Å². The van der Waals surface area contributed by atoms with Crippen LogP contribution in [-0.2, 0) is 10.2 Å². The smallest absolute Gasteiger partial charge is 0.273 e. The minimum absolute atomic E-state index is 0.0691. The maximum atomic E-state index is 12.4. The zero-order chi connectivity index (χ0) is 18.9. The van der Waals surface area contributed by atoms with Crippen molar-refractivity contribution in [3.05, 3.63) is 76.0 Å². The minimum Gasteiger partial charge on any atom is -0.485 e. The zero-order valence-corrected chi connectivity index (χ0v) is 14.9. The van der Waals surface area contributed by atoms with Crippen LogP contribution in [0, 0.1) is 10.1 Å². The fourth-order valence-corrected chi connectivity index (χ4v) is 3.29. The molecule has 0 spiro atoms. The first kappa shape index (κ1) is 17.7. The Balaban J connectivity index is 1.75. The first-order chi connectivity index (χ1) is 12.3. The van der Waals surface area contributed by atoms with E-state index in [4.69, 9.17) is 4.74 Å². The number of ether oxygens (including phenoxy) is 1. The van der Waals surface area contributed by atoms with Crippen molar-refractivity contribution in [2.24, 2.45) is 0 Å². The van der Waals surface area contributed by atoms with Crippen LogP contribution in [0.3, 0.4) is 0 Å². The molecule has 6 heteroatoms. The van der Waals surface area contributed by atoms with Crippen LogP contribution in [0.2, 0.25) is 0 Å². The number of rotatable bonds is 5. The van der Waals surface area contributed by atoms with Gasteiger partial charge >= 0.3 is 0 Å². The number of hydrogen-bond acceptors (Lipinski definition) is 5. The number of nitro groups is 1. The van der Waals surface area contributed by atoms with E-state index in [0.717, 1.165) is 11.4 Å². The van der Waals surface area contributed by atoms with Crippen molar-refractivity contribution < 1.29 is 14.5 Å². The highest BCUT2D eigenvalue weighted by atomic mass is 16.6. The van der Waals surface area contributed by atoms with Gasteiger partial charge in [-0.05, 0) is 17.7 Å². The minimum atomic E-state index is -0.496. The summed E-state index contributed by atoms with van der Waals surface area (Å²) in [4.78, 5) is 24.7. The molecule has 6 nitrogen and oxygen atoms in total. The summed E-state index contributed by atoms with van der Waals surface area (Å²) in [6, 6.07) is 13.9. The van der Waals surface area contributed by atoms with E-state index >= 15 is 0 Å². The molecule has 0 radical (unpaired) electrons. The van der Waals surface area contributed by atoms with Crippen LogP contribution >= 0.6 is 0 Å². The number of para-hydroxylation sites is 1. The maximum Gasteiger partial charge on any atom is 0.273 e. The van der Waals surface area contributed by atoms with Crippen LogP contribution in [0.5, 0.6) is 5.75 Å². The second kappa shape index (κ2) is 6.63. The normalized spacial score (nSPS) is 16.4. The monoisotopic (exact) mass is 352 g/mol. The molecule has 134 valence electrons. The Bertz CT molecular complexity index is 902. The van der Waals surface area contributed by atoms with Gasteiger partial charge in [0.1, 0.15) is 5.75 Å². The lowest BCUT2D eigenvalue weighted by molar-refractivity contribution is -0.384. The number of hydrogen-bond donors (Lipinski definition) is 0. The molecular formula is C20H20N2O4. The van der Waals surface area contributed by atoms with Crippen LogP contribution in [0.15, 0.2) is 60.3 Å². The van der Waals surface area contributed by atoms with Crippen molar-refractivity contribution >= 4 is 17.2 Å². The number of nitro benzene ring substituents is 1. The summed E-state index contributed by atoms with van der Waals surface area (Å²) in [5.41, 5.74) is 2.79. The van der Waals surface area contributed by atoms with Crippen LogP contribution in [0.25, 0.3) is 0 Å². The lowest BCUT2D eigenvalue weighted by Crippen LogP contribution is -2.25. The highest BCUT2D eigenvalue weighted by Crippen LogP contribution is 2.46. The number of benzene rings is 2. The Hall–Kier alpha value is -3.15. The molecule has 2 aromatic rings. The second-order valence-corrected chi connectivity index (χ2v) is 6.74. The lowest BCUT2D eigenvalue weighted by atomic mass is 9.83. The molecule has 0 saturated carbocycles. The van der Waals surface area contributed by atoms with E-state index in [0.29, 0.717) is 5.75 Å². The molecule has 1 heterocycles. The van der Waals surface area contributed by atoms with E-state index in [-0.39, 0.29) is 23.5 Å². The van der Waals surface area contributed by atoms with Gasteiger partial charge in [-0.25, -0.2) is 0 Å². The Morgan fingerprint density at radius 2 is 1.96 bits per heavy atom. The quantitative estimate of drug-likeness (QED) is 0.464. The van der Waals surface area contributed by atoms with E-state index in [2.05, 4.69) is 19.9 Å². The van der Waals surface area contributed by atoms with Crippen molar-refractivity contribution in [2.75, 3.05) is 18.6 Å². The highest BCUT2D eigenvalue weighted by Gasteiger charge is 2.38. The molecule has 0 aromatic heterocycles. The van der Waals surface area contributed by atoms with Crippen molar-refractivity contribution in [3.8, 4) is 5.75 Å². The van der Waals surface area contributed by atoms with Crippen LogP contribution in [0.1, 0.15) is 19.4 Å². The Labute approximate surface area is 151 Å². The van der Waals surface area contributed by atoms with E-state index in [1.807, 2.05) is 30.1 Å². The third-order valence-electron chi connectivity index (χ3n) is 4.65. The molecular weight excluding hydrogens is 332 g/mol. The Kier molecular flexibility index (Phi) is 4.50. The van der Waals surface area contributed by atoms with Crippen LogP contribution < -0.4 is 9.64 Å². The van der Waals surface area contributed by atoms with Gasteiger partial charge in [0.05, 0.1) is 11.0 Å². The van der Waals surface area contributed by atoms with E-state index in [1.165, 1.54) is 23.8 Å². The van der Waals surface area contributed by atoms with E-state index in [1.54, 1.807) is 12.1 Å². The average molecular weight is 352 g/mol. The maximum absolute atomic E-state index is 12.4. The van der Waals surface area contributed by atoms with Crippen molar-refractivity contribution in [3.63, 3.8) is 0 Å². The van der Waals surface area contributed by atoms with Gasteiger partial charge in [0.2, 0.25) is 0 Å². The van der Waals surface area contributed by atoms with Gasteiger partial charge in [0.15, 0.2) is 12.4 Å². The zero-order valence-electron chi connectivity index (χ0n) is 14.9. The number of anilines is 1. The summed E-state index contributed by atoms with van der Waals surface area (Å²) in [5.74, 6) is 0.104. The van der Waals surface area contributed by atoms with Gasteiger partial charge in [-0.2, -0.15) is 0 Å². The largest absolute Gasteiger partial charge is 0.485 e. The van der Waals surface area contributed by atoms with Gasteiger partial charge in [0.25, 0.3) is 5.69 Å². The lowest BCUT2D eigenvalue weighted by Gasteiger charge is -2.23. The van der Waals surface area contributed by atoms with E-state index in [9.17, 15) is 14.9 Å². The molecule has 0 N–H and O–H groups in total. The topological polar surface area (TPSA) is 72.7 Å². The molecule has 0 amide bonds. The molecule has 3 rings (SSSR count). The molecule has 0 aliphatic carbocycles. The number of ketones is 1. The molecule has 0 unspecified atom stereocenters. The molecule has 1 aliphatic rings. The predicted molar refractivity (Wildman–Crippen MR) is 99.6 cm³/mol. The third-order valence-corrected chi connectivity index (χ3v) is 4.65. The van der Waals surface area contributed by atoms with Crippen molar-refractivity contribution in [2.45, 2.75) is 19.3 Å². The fourth-order valence-electron chi connectivity index (χ4n) is 3.29. The number of non-ortho nitro benzene ring substituents is 1. The number of carbonyl (C=O) groups excluding carboxylic acids is 1. The summed E-state index contributed by atoms with van der Waals surface area (Å²) in [7, 11) is 1.94. The van der Waals surface area contributed by atoms with Gasteiger partial charge in [-0.3, -0.25) is 14.9 Å². The molecule has 0 saturated heterocycles. The van der Waals surface area contributed by atoms with Gasteiger partial charge < -0.3 is 9.64 Å². The van der Waals surface area contributed by atoms with Gasteiger partial charge in [-0.1, -0.05) is 38.1 Å². The summed E-state index contributed by atoms with van der Waals surface area (Å²) >= 11 is 0. The van der Waals surface area contributed by atoms with Crippen LogP contribution in [0.4, 0.5) is 11.4 Å². The molecule has 26 heavy (non-hydrogen) atoms. The second-order valence-electron chi connectivity index (χ2n) is 6.74. The molecule has 0 fully saturated rings. The van der Waals surface area contributed by atoms with E-state index < -0.39 is 4.92 Å². The third kappa shape index (κ3) is 3.18. The molecule has 0 atom stereocenters. The summed E-state index contributed by atoms with van der Waals surface area (Å²) < 4.78 is 5.43. The predicted octanol–water partition coefficient (Wildman–Crippen LogP) is 3.85. The Morgan fingerprint density at radius 1 is 1.23 bits per heavy atom. The number of carbonyl (C=O) groups is 1. The first-order valence-electron chi connectivity index (χ1n) is 8.26. The standard InChI is InChI=1S/C20H20N2O4/c1-20(2)17-9-4-5-10-18(17)21(3)19(20)12-15(23)13-26-16-8-6-7-14(11-16)22(24)25/h4-12H,13H2,1-3H3/b19-12-. The summed E-state index contributed by atoms with van der Waals surface area (Å²) in [6.45, 7) is 3.98. The number of likely N-dealkylation sites (N-methyl/N-ethyl adjacent to an activating group) is 1. The van der Waals surface area contributed by atoms with Crippen molar-refractivity contribution in [1.29, 1.82) is 0 Å². The van der Waals surface area contributed by atoms with Gasteiger partial charge in [-0.15, -0.1) is 0 Å². The average Bonchev–Trinajstić information content (AvgIpc) is 2.81. The van der Waals surface area contributed by atoms with Crippen LogP contribution in [-0.4, -0.2) is 24.4 Å². The SMILES string of the molecule is CN1/C(=C\C(=O)COc2cccc([N+](=O)[O-])c2)C(C)(C)c2ccccc21. The summed E-state index contributed by atoms with van der Waals surface area (Å²) in [6.07, 6.45) is 1.59. The number of fused-ring (bicyclic) bond motifs is 1. The Morgan fingerprint density at radius 3 is 2.65 bits per heavy atom. The number of allylic oxidation sites excluding steroid dienone is 1. The molecule has 0 bridgehead atoms. The molecule has 1 aliphatic heterocycles.